The van der Waals surface area contributed by atoms with E-state index in [1.165, 1.54) is 193 Å². The molecule has 0 spiro atoms. The Morgan fingerprint density at radius 1 is 0.433 bits per heavy atom. The Hall–Kier alpha value is -1.92. The van der Waals surface area contributed by atoms with Crippen molar-refractivity contribution >= 4 is 11.9 Å². The van der Waals surface area contributed by atoms with E-state index in [1.807, 2.05) is 0 Å². The van der Waals surface area contributed by atoms with Crippen LogP contribution in [0.4, 0.5) is 0 Å². The molecule has 394 valence electrons. The largest absolute Gasteiger partial charge is 0.462 e. The van der Waals surface area contributed by atoms with E-state index < -0.39 is 18.2 Å². The van der Waals surface area contributed by atoms with E-state index >= 15 is 0 Å². The molecule has 6 heteroatoms. The number of aliphatic hydroxyl groups is 2. The van der Waals surface area contributed by atoms with Gasteiger partial charge in [-0.25, -0.2) is 0 Å². The molecule has 0 heterocycles. The first-order valence-corrected chi connectivity index (χ1v) is 29.7. The molecule has 0 aliphatic rings. The van der Waals surface area contributed by atoms with Crippen LogP contribution in [0.3, 0.4) is 0 Å². The van der Waals surface area contributed by atoms with Gasteiger partial charge >= 0.3 is 5.97 Å². The summed E-state index contributed by atoms with van der Waals surface area (Å²) >= 11 is 0. The van der Waals surface area contributed by atoms with Gasteiger partial charge in [0.1, 0.15) is 6.10 Å². The number of esters is 1. The number of rotatable bonds is 54. The van der Waals surface area contributed by atoms with Gasteiger partial charge < -0.3 is 20.3 Å². The second-order valence-electron chi connectivity index (χ2n) is 20.4. The predicted molar refractivity (Wildman–Crippen MR) is 292 cm³/mol. The Bertz CT molecular complexity index is 1100. The van der Waals surface area contributed by atoms with Gasteiger partial charge in [-0.15, -0.1) is 0 Å². The second-order valence-corrected chi connectivity index (χ2v) is 20.4. The van der Waals surface area contributed by atoms with Crippen molar-refractivity contribution in [3.63, 3.8) is 0 Å². The van der Waals surface area contributed by atoms with Crippen LogP contribution in [0.25, 0.3) is 0 Å². The minimum atomic E-state index is -0.796. The molecule has 0 saturated heterocycles. The van der Waals surface area contributed by atoms with Gasteiger partial charge in [0.15, 0.2) is 0 Å². The third-order valence-electron chi connectivity index (χ3n) is 13.7. The maximum atomic E-state index is 13.3. The molecular weight excluding hydrogens is 827 g/mol. The van der Waals surface area contributed by atoms with E-state index in [4.69, 9.17) is 4.74 Å². The standard InChI is InChI=1S/C61H115NO5/c1-4-7-10-13-16-19-22-25-28-31-34-37-40-43-46-49-52-57(67-61(66)54-51-48-45-42-39-36-33-30-27-24-21-18-15-12-9-6-3)55-60(65)62-58(56-63)59(64)53-50-47-44-41-38-35-32-29-26-23-20-17-14-11-8-5-2/h28,30-31,33-34,37,57-59,63-64H,4-27,29,32,35-36,38-56H2,1-3H3,(H,62,65)/b31-28+,33-30+,37-34+. The lowest BCUT2D eigenvalue weighted by atomic mass is 10.0. The van der Waals surface area contributed by atoms with Crippen molar-refractivity contribution in [1.29, 1.82) is 0 Å². The van der Waals surface area contributed by atoms with Gasteiger partial charge in [0.05, 0.1) is 25.2 Å². The molecule has 0 saturated carbocycles. The van der Waals surface area contributed by atoms with Gasteiger partial charge in [0.2, 0.25) is 5.91 Å². The van der Waals surface area contributed by atoms with Crippen molar-refractivity contribution in [2.75, 3.05) is 6.61 Å². The van der Waals surface area contributed by atoms with Crippen LogP contribution < -0.4 is 5.32 Å². The molecular formula is C61H115NO5. The lowest BCUT2D eigenvalue weighted by molar-refractivity contribution is -0.151. The molecule has 3 atom stereocenters. The fourth-order valence-electron chi connectivity index (χ4n) is 9.18. The number of aliphatic hydroxyl groups excluding tert-OH is 2. The molecule has 0 aliphatic carbocycles. The molecule has 0 aromatic heterocycles. The van der Waals surface area contributed by atoms with E-state index in [0.717, 1.165) is 77.0 Å². The van der Waals surface area contributed by atoms with E-state index in [9.17, 15) is 19.8 Å². The Morgan fingerprint density at radius 2 is 0.761 bits per heavy atom. The molecule has 0 aliphatic heterocycles. The molecule has 0 aromatic rings. The topological polar surface area (TPSA) is 95.9 Å². The summed E-state index contributed by atoms with van der Waals surface area (Å²) in [7, 11) is 0. The van der Waals surface area contributed by atoms with Crippen molar-refractivity contribution in [1.82, 2.24) is 5.32 Å². The predicted octanol–water partition coefficient (Wildman–Crippen LogP) is 18.4. The number of carbonyl (C=O) groups excluding carboxylic acids is 2. The number of nitrogens with one attached hydrogen (secondary N) is 1. The highest BCUT2D eigenvalue weighted by Gasteiger charge is 2.24. The molecule has 0 fully saturated rings. The van der Waals surface area contributed by atoms with E-state index in [-0.39, 0.29) is 24.9 Å². The Labute approximate surface area is 417 Å². The minimum Gasteiger partial charge on any atom is -0.462 e. The zero-order valence-electron chi connectivity index (χ0n) is 45.0. The lowest BCUT2D eigenvalue weighted by Crippen LogP contribution is -2.46. The summed E-state index contributed by atoms with van der Waals surface area (Å²) in [5.41, 5.74) is 0. The van der Waals surface area contributed by atoms with Crippen LogP contribution in [0.5, 0.6) is 0 Å². The smallest absolute Gasteiger partial charge is 0.306 e. The zero-order valence-corrected chi connectivity index (χ0v) is 45.0. The summed E-state index contributed by atoms with van der Waals surface area (Å²) in [5.74, 6) is -0.495. The van der Waals surface area contributed by atoms with Gasteiger partial charge in [-0.2, -0.15) is 0 Å². The van der Waals surface area contributed by atoms with E-state index in [2.05, 4.69) is 62.5 Å². The zero-order chi connectivity index (χ0) is 48.8. The van der Waals surface area contributed by atoms with Crippen LogP contribution in [0.2, 0.25) is 0 Å². The summed E-state index contributed by atoms with van der Waals surface area (Å²) in [6.07, 6.45) is 66.4. The van der Waals surface area contributed by atoms with Crippen molar-refractivity contribution in [3.05, 3.63) is 36.5 Å². The van der Waals surface area contributed by atoms with Crippen molar-refractivity contribution in [2.45, 2.75) is 334 Å². The third-order valence-corrected chi connectivity index (χ3v) is 13.7. The van der Waals surface area contributed by atoms with Gasteiger partial charge in [-0.1, -0.05) is 263 Å². The number of unbranched alkanes of at least 4 members (excludes halogenated alkanes) is 37. The normalized spacial score (nSPS) is 13.3. The Kier molecular flexibility index (Phi) is 53.4. The maximum absolute atomic E-state index is 13.3. The quantitative estimate of drug-likeness (QED) is 0.0244. The number of amides is 1. The molecule has 67 heavy (non-hydrogen) atoms. The number of carbonyl (C=O) groups is 2. The maximum Gasteiger partial charge on any atom is 0.306 e. The number of ether oxygens (including phenoxy) is 1. The highest BCUT2D eigenvalue weighted by atomic mass is 16.5. The highest BCUT2D eigenvalue weighted by Crippen LogP contribution is 2.18. The summed E-state index contributed by atoms with van der Waals surface area (Å²) in [4.78, 5) is 26.3. The third kappa shape index (κ3) is 50.3. The van der Waals surface area contributed by atoms with E-state index in [1.54, 1.807) is 0 Å². The van der Waals surface area contributed by atoms with Crippen molar-refractivity contribution < 1.29 is 24.5 Å². The minimum absolute atomic E-state index is 0.0594. The lowest BCUT2D eigenvalue weighted by Gasteiger charge is -2.24. The molecule has 6 nitrogen and oxygen atoms in total. The first-order chi connectivity index (χ1) is 33.0. The van der Waals surface area contributed by atoms with Gasteiger partial charge in [-0.3, -0.25) is 9.59 Å². The fraction of sp³-hybridized carbons (Fsp3) is 0.869. The van der Waals surface area contributed by atoms with Crippen LogP contribution in [0, 0.1) is 0 Å². The highest BCUT2D eigenvalue weighted by molar-refractivity contribution is 5.77. The van der Waals surface area contributed by atoms with E-state index in [0.29, 0.717) is 19.3 Å². The van der Waals surface area contributed by atoms with Gasteiger partial charge in [0.25, 0.3) is 0 Å². The summed E-state index contributed by atoms with van der Waals surface area (Å²) in [5, 5.41) is 23.9. The fourth-order valence-corrected chi connectivity index (χ4v) is 9.18. The Morgan fingerprint density at radius 3 is 1.16 bits per heavy atom. The number of hydrogen-bond donors (Lipinski definition) is 3. The first-order valence-electron chi connectivity index (χ1n) is 29.7. The summed E-state index contributed by atoms with van der Waals surface area (Å²) in [6.45, 7) is 6.50. The van der Waals surface area contributed by atoms with Crippen LogP contribution in [0.1, 0.15) is 316 Å². The van der Waals surface area contributed by atoms with Crippen LogP contribution in [-0.4, -0.2) is 46.9 Å². The molecule has 0 rings (SSSR count). The average Bonchev–Trinajstić information content (AvgIpc) is 3.32. The molecule has 3 unspecified atom stereocenters. The van der Waals surface area contributed by atoms with Crippen LogP contribution in [0.15, 0.2) is 36.5 Å². The van der Waals surface area contributed by atoms with Crippen LogP contribution >= 0.6 is 0 Å². The summed E-state index contributed by atoms with van der Waals surface area (Å²) < 4.78 is 5.95. The van der Waals surface area contributed by atoms with Crippen molar-refractivity contribution in [3.8, 4) is 0 Å². The SMILES string of the molecule is CCCCCCCCC/C=C/C=C/CCCCCC(CC(=O)NC(CO)C(O)CCCCCCCCCCCCCCCCCC)OC(=O)CCCCCCC/C=C/CCCCCCCCC. The van der Waals surface area contributed by atoms with Gasteiger partial charge in [-0.05, 0) is 77.0 Å². The van der Waals surface area contributed by atoms with Crippen LogP contribution in [-0.2, 0) is 14.3 Å². The molecule has 0 aromatic carbocycles. The number of allylic oxidation sites excluding steroid dienone is 6. The van der Waals surface area contributed by atoms with Crippen molar-refractivity contribution in [2.24, 2.45) is 0 Å². The molecule has 0 radical (unpaired) electrons. The molecule has 1 amide bonds. The monoisotopic (exact) mass is 942 g/mol. The second kappa shape index (κ2) is 55.0. The average molecular weight is 943 g/mol. The molecule has 0 bridgehead atoms. The molecule has 3 N–H and O–H groups in total. The Balaban J connectivity index is 4.58. The first kappa shape index (κ1) is 65.1. The van der Waals surface area contributed by atoms with Gasteiger partial charge in [0, 0.05) is 6.42 Å². The summed E-state index contributed by atoms with van der Waals surface area (Å²) in [6, 6.07) is -0.711. The number of hydrogen-bond acceptors (Lipinski definition) is 5.